The fourth-order valence-electron chi connectivity index (χ4n) is 7.16. The van der Waals surface area contributed by atoms with Gasteiger partial charge in [-0.05, 0) is 79.7 Å². The number of H-pyrrole nitrogens is 1. The molecule has 0 saturated carbocycles. The van der Waals surface area contributed by atoms with Gasteiger partial charge in [-0.2, -0.15) is 0 Å². The Morgan fingerprint density at radius 2 is 1.60 bits per heavy atom. The lowest BCUT2D eigenvalue weighted by Crippen LogP contribution is -2.55. The molecule has 2 N–H and O–H groups in total. The molecule has 4 heterocycles. The smallest absolute Gasteiger partial charge is 0.410 e. The van der Waals surface area contributed by atoms with E-state index in [-0.39, 0.29) is 29.6 Å². The molecule has 3 fully saturated rings. The minimum absolute atomic E-state index is 0.0369. The van der Waals surface area contributed by atoms with Crippen molar-refractivity contribution in [2.45, 2.75) is 64.0 Å². The van der Waals surface area contributed by atoms with E-state index in [1.54, 1.807) is 4.90 Å². The summed E-state index contributed by atoms with van der Waals surface area (Å²) in [6, 6.07) is 13.9. The first-order valence-electron chi connectivity index (χ1n) is 16.2. The number of nitrogens with one attached hydrogen (secondary N) is 1. The number of para-hydroxylation sites is 1. The maximum Gasteiger partial charge on any atom is 0.410 e. The maximum atomic E-state index is 13.9. The molecule has 0 aliphatic carbocycles. The number of amides is 2. The molecule has 6 rings (SSSR count). The molecule has 0 radical (unpaired) electrons. The molecule has 0 spiro atoms. The molecule has 3 aromatic rings. The highest BCUT2D eigenvalue weighted by molar-refractivity contribution is 5.84. The summed E-state index contributed by atoms with van der Waals surface area (Å²) < 4.78 is 11.5. The SMILES string of the molecule is Cc1cc(C[C@@H](OC(=O)N2CCC(c3cc4ccccc4[nH]c3=O)CC2)C(=O)N2CCN(C3CCOCC3)CC2)cc(C)c1O. The zero-order chi connectivity index (χ0) is 31.5. The Morgan fingerprint density at radius 3 is 2.29 bits per heavy atom. The van der Waals surface area contributed by atoms with E-state index in [2.05, 4.69) is 9.88 Å². The van der Waals surface area contributed by atoms with E-state index in [1.165, 1.54) is 0 Å². The van der Waals surface area contributed by atoms with Gasteiger partial charge in [0.2, 0.25) is 0 Å². The number of phenolic OH excluding ortho intramolecular Hbond substituents is 1. The first-order valence-corrected chi connectivity index (χ1v) is 16.2. The van der Waals surface area contributed by atoms with Crippen LogP contribution in [-0.2, 0) is 20.7 Å². The average Bonchev–Trinajstić information content (AvgIpc) is 3.06. The highest BCUT2D eigenvalue weighted by Gasteiger charge is 2.35. The van der Waals surface area contributed by atoms with Gasteiger partial charge in [-0.3, -0.25) is 14.5 Å². The number of fused-ring (bicyclic) bond motifs is 1. The van der Waals surface area contributed by atoms with E-state index >= 15 is 0 Å². The van der Waals surface area contributed by atoms with E-state index < -0.39 is 12.2 Å². The predicted molar refractivity (Wildman–Crippen MR) is 172 cm³/mol. The zero-order valence-corrected chi connectivity index (χ0v) is 26.3. The summed E-state index contributed by atoms with van der Waals surface area (Å²) in [7, 11) is 0. The summed E-state index contributed by atoms with van der Waals surface area (Å²) in [6.45, 7) is 8.85. The summed E-state index contributed by atoms with van der Waals surface area (Å²) in [5.74, 6) is 0.0849. The largest absolute Gasteiger partial charge is 0.507 e. The highest BCUT2D eigenvalue weighted by atomic mass is 16.6. The topological polar surface area (TPSA) is 115 Å². The lowest BCUT2D eigenvalue weighted by molar-refractivity contribution is -0.143. The number of carbonyl (C=O) groups is 2. The van der Waals surface area contributed by atoms with Gasteiger partial charge in [0.25, 0.3) is 11.5 Å². The fourth-order valence-corrected chi connectivity index (χ4v) is 7.16. The number of hydrogen-bond donors (Lipinski definition) is 2. The highest BCUT2D eigenvalue weighted by Crippen LogP contribution is 2.29. The molecule has 3 aliphatic rings. The third kappa shape index (κ3) is 7.02. The number of piperidine rings is 1. The van der Waals surface area contributed by atoms with Crippen LogP contribution in [0.1, 0.15) is 53.9 Å². The Morgan fingerprint density at radius 1 is 0.933 bits per heavy atom. The summed E-state index contributed by atoms with van der Waals surface area (Å²) in [4.78, 5) is 49.2. The third-order valence-electron chi connectivity index (χ3n) is 9.80. The first kappa shape index (κ1) is 31.1. The van der Waals surface area contributed by atoms with Gasteiger partial charge in [-0.1, -0.05) is 30.3 Å². The van der Waals surface area contributed by atoms with Crippen molar-refractivity contribution in [3.8, 4) is 5.75 Å². The van der Waals surface area contributed by atoms with Gasteiger partial charge >= 0.3 is 6.09 Å². The standard InChI is InChI=1S/C35H44N4O6/c1-23-19-25(20-24(2)32(23)40)21-31(34(42)38-15-13-37(14-16-38)28-9-17-44-18-10-28)45-35(43)39-11-7-26(8-12-39)29-22-27-5-3-4-6-30(27)36-33(29)41/h3-6,19-20,22,26,28,31,40H,7-18,21H2,1-2H3,(H,36,41)/t31-/m1/s1. The molecule has 10 nitrogen and oxygen atoms in total. The predicted octanol–water partition coefficient (Wildman–Crippen LogP) is 4.10. The molecule has 3 aliphatic heterocycles. The van der Waals surface area contributed by atoms with Gasteiger partial charge in [0, 0.05) is 76.0 Å². The van der Waals surface area contributed by atoms with E-state index in [4.69, 9.17) is 9.47 Å². The number of pyridine rings is 1. The number of aromatic hydroxyl groups is 1. The average molecular weight is 617 g/mol. The van der Waals surface area contributed by atoms with Crippen LogP contribution in [0, 0.1) is 13.8 Å². The molecule has 1 aromatic heterocycles. The minimum atomic E-state index is -0.975. The van der Waals surface area contributed by atoms with Crippen LogP contribution in [0.4, 0.5) is 4.79 Å². The molecule has 45 heavy (non-hydrogen) atoms. The van der Waals surface area contributed by atoms with Crippen LogP contribution in [0.2, 0.25) is 0 Å². The number of likely N-dealkylation sites (tertiary alicyclic amines) is 1. The second kappa shape index (κ2) is 13.6. The fraction of sp³-hybridized carbons (Fsp3) is 0.514. The normalized spacial score (nSPS) is 19.5. The van der Waals surface area contributed by atoms with Gasteiger partial charge in [0.05, 0.1) is 0 Å². The number of benzene rings is 2. The van der Waals surface area contributed by atoms with Crippen LogP contribution in [0.5, 0.6) is 5.75 Å². The minimum Gasteiger partial charge on any atom is -0.507 e. The first-order chi connectivity index (χ1) is 21.8. The summed E-state index contributed by atoms with van der Waals surface area (Å²) in [5.41, 5.74) is 3.75. The Kier molecular flexibility index (Phi) is 9.42. The number of aryl methyl sites for hydroxylation is 2. The van der Waals surface area contributed by atoms with Gasteiger partial charge in [-0.25, -0.2) is 4.79 Å². The summed E-state index contributed by atoms with van der Waals surface area (Å²) >= 11 is 0. The Bertz CT molecular complexity index is 1560. The summed E-state index contributed by atoms with van der Waals surface area (Å²) in [6.07, 6.45) is 2.05. The van der Waals surface area contributed by atoms with Crippen LogP contribution >= 0.6 is 0 Å². The number of phenols is 1. The van der Waals surface area contributed by atoms with Gasteiger partial charge in [0.1, 0.15) is 5.75 Å². The Balaban J connectivity index is 1.12. The molecular formula is C35H44N4O6. The molecule has 0 bridgehead atoms. The van der Waals surface area contributed by atoms with Crippen LogP contribution < -0.4 is 5.56 Å². The van der Waals surface area contributed by atoms with Gasteiger partial charge in [0.15, 0.2) is 6.10 Å². The molecule has 240 valence electrons. The van der Waals surface area contributed by atoms with Crippen molar-refractivity contribution in [1.82, 2.24) is 19.7 Å². The van der Waals surface area contributed by atoms with Gasteiger partial charge in [-0.15, -0.1) is 0 Å². The van der Waals surface area contributed by atoms with E-state index in [9.17, 15) is 19.5 Å². The van der Waals surface area contributed by atoms with Crippen LogP contribution in [-0.4, -0.2) is 101 Å². The lowest BCUT2D eigenvalue weighted by Gasteiger charge is -2.41. The van der Waals surface area contributed by atoms with Crippen molar-refractivity contribution in [2.24, 2.45) is 0 Å². The number of aromatic amines is 1. The van der Waals surface area contributed by atoms with Crippen molar-refractivity contribution in [2.75, 3.05) is 52.5 Å². The van der Waals surface area contributed by atoms with Crippen molar-refractivity contribution in [3.05, 3.63) is 75.1 Å². The second-order valence-electron chi connectivity index (χ2n) is 12.8. The quantitative estimate of drug-likeness (QED) is 0.429. The second-order valence-corrected chi connectivity index (χ2v) is 12.8. The number of rotatable bonds is 6. The van der Waals surface area contributed by atoms with Gasteiger partial charge < -0.3 is 29.4 Å². The van der Waals surface area contributed by atoms with Crippen molar-refractivity contribution >= 4 is 22.9 Å². The number of ether oxygens (including phenoxy) is 2. The van der Waals surface area contributed by atoms with Crippen LogP contribution in [0.3, 0.4) is 0 Å². The maximum absolute atomic E-state index is 13.9. The zero-order valence-electron chi connectivity index (χ0n) is 26.3. The van der Waals surface area contributed by atoms with E-state index in [0.717, 1.165) is 72.3 Å². The lowest BCUT2D eigenvalue weighted by atomic mass is 9.89. The summed E-state index contributed by atoms with van der Waals surface area (Å²) in [5, 5.41) is 11.3. The Hall–Kier alpha value is -3.89. The number of hydrogen-bond acceptors (Lipinski definition) is 7. The van der Waals surface area contributed by atoms with Crippen molar-refractivity contribution in [3.63, 3.8) is 0 Å². The van der Waals surface area contributed by atoms with Crippen molar-refractivity contribution < 1.29 is 24.2 Å². The number of piperazine rings is 1. The molecule has 3 saturated heterocycles. The molecular weight excluding hydrogens is 572 g/mol. The molecule has 2 aromatic carbocycles. The molecule has 2 amide bonds. The molecule has 1 atom stereocenters. The monoisotopic (exact) mass is 616 g/mol. The van der Waals surface area contributed by atoms with Crippen LogP contribution in [0.25, 0.3) is 10.9 Å². The number of aromatic nitrogens is 1. The Labute approximate surface area is 263 Å². The molecule has 10 heteroatoms. The number of nitrogens with zero attached hydrogens (tertiary/aromatic N) is 3. The van der Waals surface area contributed by atoms with Crippen LogP contribution in [0.15, 0.2) is 47.3 Å². The third-order valence-corrected chi connectivity index (χ3v) is 9.80. The van der Waals surface area contributed by atoms with Crippen molar-refractivity contribution in [1.29, 1.82) is 0 Å². The number of carbonyl (C=O) groups excluding carboxylic acids is 2. The van der Waals surface area contributed by atoms with E-state index in [1.807, 2.05) is 61.2 Å². The molecule has 0 unspecified atom stereocenters. The van der Waals surface area contributed by atoms with E-state index in [0.29, 0.717) is 45.1 Å².